The van der Waals surface area contributed by atoms with Crippen molar-refractivity contribution in [3.8, 4) is 0 Å². The third kappa shape index (κ3) is 2.90. The zero-order valence-corrected chi connectivity index (χ0v) is 12.1. The van der Waals surface area contributed by atoms with Crippen LogP contribution in [-0.2, 0) is 10.0 Å². The minimum atomic E-state index is -4.67. The number of halogens is 4. The molecule has 0 amide bonds. The molecule has 0 bridgehead atoms. The number of nitrogens with one attached hydrogen (secondary N) is 1. The van der Waals surface area contributed by atoms with Crippen molar-refractivity contribution in [2.45, 2.75) is 30.8 Å². The Labute approximate surface area is 119 Å². The minimum Gasteiger partial charge on any atom is -0.309 e. The lowest BCUT2D eigenvalue weighted by Gasteiger charge is -2.35. The van der Waals surface area contributed by atoms with E-state index in [1.54, 1.807) is 13.8 Å². The molecule has 1 aromatic rings. The predicted molar refractivity (Wildman–Crippen MR) is 67.1 cm³/mol. The molecule has 1 aliphatic rings. The van der Waals surface area contributed by atoms with Crippen LogP contribution in [0.5, 0.6) is 0 Å². The summed E-state index contributed by atoms with van der Waals surface area (Å²) in [6.45, 7) is 3.28. The van der Waals surface area contributed by atoms with Crippen LogP contribution in [-0.4, -0.2) is 37.9 Å². The van der Waals surface area contributed by atoms with E-state index in [1.807, 2.05) is 0 Å². The van der Waals surface area contributed by atoms with Gasteiger partial charge in [-0.25, -0.2) is 26.0 Å². The van der Waals surface area contributed by atoms with E-state index in [-0.39, 0.29) is 31.2 Å². The summed E-state index contributed by atoms with van der Waals surface area (Å²) in [7, 11) is -4.67. The van der Waals surface area contributed by atoms with Gasteiger partial charge in [0.1, 0.15) is 0 Å². The Balaban J connectivity index is 2.55. The van der Waals surface area contributed by atoms with Crippen LogP contribution in [0.15, 0.2) is 11.0 Å². The van der Waals surface area contributed by atoms with Crippen molar-refractivity contribution < 1.29 is 26.0 Å². The van der Waals surface area contributed by atoms with E-state index in [0.717, 1.165) is 4.31 Å². The van der Waals surface area contributed by atoms with Crippen molar-refractivity contribution in [2.24, 2.45) is 0 Å². The summed E-state index contributed by atoms with van der Waals surface area (Å²) < 4.78 is 79.2. The lowest BCUT2D eigenvalue weighted by molar-refractivity contribution is 0.260. The van der Waals surface area contributed by atoms with Gasteiger partial charge in [0.05, 0.1) is 0 Å². The molecule has 1 fully saturated rings. The average molecular weight is 326 g/mol. The van der Waals surface area contributed by atoms with Gasteiger partial charge in [-0.3, -0.25) is 0 Å². The zero-order chi connectivity index (χ0) is 15.9. The van der Waals surface area contributed by atoms with Gasteiger partial charge in [0.15, 0.2) is 28.2 Å². The fourth-order valence-corrected chi connectivity index (χ4v) is 4.13. The molecule has 2 atom stereocenters. The Kier molecular flexibility index (Phi) is 4.27. The Morgan fingerprint density at radius 3 is 1.90 bits per heavy atom. The van der Waals surface area contributed by atoms with Crippen molar-refractivity contribution >= 4 is 10.0 Å². The van der Waals surface area contributed by atoms with Gasteiger partial charge < -0.3 is 5.32 Å². The molecule has 0 aliphatic carbocycles. The number of hydrogen-bond donors (Lipinski definition) is 1. The number of rotatable bonds is 2. The molecule has 4 nitrogen and oxygen atoms in total. The first kappa shape index (κ1) is 16.2. The van der Waals surface area contributed by atoms with Crippen LogP contribution in [0.4, 0.5) is 17.6 Å². The van der Waals surface area contributed by atoms with Crippen LogP contribution in [0, 0.1) is 23.3 Å². The lowest BCUT2D eigenvalue weighted by atomic mass is 10.2. The molecule has 2 rings (SSSR count). The first-order chi connectivity index (χ1) is 9.64. The number of nitrogens with zero attached hydrogens (tertiary/aromatic N) is 1. The van der Waals surface area contributed by atoms with Crippen LogP contribution in [0.2, 0.25) is 0 Å². The van der Waals surface area contributed by atoms with Gasteiger partial charge in [-0.2, -0.15) is 4.31 Å². The molecule has 118 valence electrons. The monoisotopic (exact) mass is 326 g/mol. The SMILES string of the molecule is CC1CN(S(=O)(=O)c2c(F)c(F)cc(F)c2F)CC(C)N1. The fraction of sp³-hybridized carbons (Fsp3) is 0.500. The summed E-state index contributed by atoms with van der Waals surface area (Å²) in [6, 6.07) is -0.534. The molecule has 0 spiro atoms. The van der Waals surface area contributed by atoms with E-state index in [4.69, 9.17) is 0 Å². The van der Waals surface area contributed by atoms with Crippen LogP contribution < -0.4 is 5.32 Å². The summed E-state index contributed by atoms with van der Waals surface area (Å²) in [5.41, 5.74) is 0. The Morgan fingerprint density at radius 1 is 1.05 bits per heavy atom. The summed E-state index contributed by atoms with van der Waals surface area (Å²) in [5, 5.41) is 3.04. The maximum absolute atomic E-state index is 13.7. The van der Waals surface area contributed by atoms with E-state index in [2.05, 4.69) is 5.32 Å². The molecule has 0 radical (unpaired) electrons. The number of benzene rings is 1. The van der Waals surface area contributed by atoms with Crippen LogP contribution >= 0.6 is 0 Å². The molecule has 2 unspecified atom stereocenters. The average Bonchev–Trinajstić information content (AvgIpc) is 2.35. The minimum absolute atomic E-state index is 0.0211. The van der Waals surface area contributed by atoms with Crippen molar-refractivity contribution in [3.63, 3.8) is 0 Å². The number of hydrogen-bond acceptors (Lipinski definition) is 3. The van der Waals surface area contributed by atoms with Gasteiger partial charge in [0, 0.05) is 31.2 Å². The second-order valence-electron chi connectivity index (χ2n) is 5.09. The third-order valence-electron chi connectivity index (χ3n) is 3.19. The summed E-state index contributed by atoms with van der Waals surface area (Å²) in [5.74, 6) is -7.31. The van der Waals surface area contributed by atoms with Gasteiger partial charge in [-0.15, -0.1) is 0 Å². The second-order valence-corrected chi connectivity index (χ2v) is 6.96. The van der Waals surface area contributed by atoms with Gasteiger partial charge in [0.25, 0.3) is 0 Å². The van der Waals surface area contributed by atoms with E-state index >= 15 is 0 Å². The van der Waals surface area contributed by atoms with Gasteiger partial charge in [-0.05, 0) is 13.8 Å². The van der Waals surface area contributed by atoms with Crippen LogP contribution in [0.1, 0.15) is 13.8 Å². The highest BCUT2D eigenvalue weighted by Crippen LogP contribution is 2.27. The number of piperazine rings is 1. The molecule has 0 aromatic heterocycles. The molecule has 1 aliphatic heterocycles. The molecular weight excluding hydrogens is 312 g/mol. The zero-order valence-electron chi connectivity index (χ0n) is 11.3. The van der Waals surface area contributed by atoms with Crippen molar-refractivity contribution in [3.05, 3.63) is 29.3 Å². The first-order valence-corrected chi connectivity index (χ1v) is 7.67. The Morgan fingerprint density at radius 2 is 1.48 bits per heavy atom. The first-order valence-electron chi connectivity index (χ1n) is 6.23. The standard InChI is InChI=1S/C12H14F4N2O2S/c1-6-4-18(5-7(2)17-6)21(19,20)12-10(15)8(13)3-9(14)11(12)16/h3,6-7,17H,4-5H2,1-2H3. The highest BCUT2D eigenvalue weighted by Gasteiger charge is 2.37. The topological polar surface area (TPSA) is 49.4 Å². The van der Waals surface area contributed by atoms with Crippen molar-refractivity contribution in [1.82, 2.24) is 9.62 Å². The van der Waals surface area contributed by atoms with Gasteiger partial charge in [0.2, 0.25) is 10.0 Å². The lowest BCUT2D eigenvalue weighted by Crippen LogP contribution is -2.55. The van der Waals surface area contributed by atoms with Crippen LogP contribution in [0.3, 0.4) is 0 Å². The highest BCUT2D eigenvalue weighted by molar-refractivity contribution is 7.89. The quantitative estimate of drug-likeness (QED) is 0.664. The smallest absolute Gasteiger partial charge is 0.249 e. The molecule has 1 aromatic carbocycles. The highest BCUT2D eigenvalue weighted by atomic mass is 32.2. The molecule has 9 heteroatoms. The normalized spacial score (nSPS) is 24.3. The molecule has 21 heavy (non-hydrogen) atoms. The number of sulfonamides is 1. The maximum atomic E-state index is 13.7. The van der Waals surface area contributed by atoms with Crippen molar-refractivity contribution in [1.29, 1.82) is 0 Å². The third-order valence-corrected chi connectivity index (χ3v) is 5.05. The second kappa shape index (κ2) is 5.54. The molecular formula is C12H14F4N2O2S. The maximum Gasteiger partial charge on any atom is 0.249 e. The predicted octanol–water partition coefficient (Wildman–Crippen LogP) is 1.61. The van der Waals surface area contributed by atoms with E-state index < -0.39 is 38.2 Å². The fourth-order valence-electron chi connectivity index (χ4n) is 2.38. The van der Waals surface area contributed by atoms with E-state index in [0.29, 0.717) is 0 Å². The molecule has 1 heterocycles. The molecule has 1 N–H and O–H groups in total. The summed E-state index contributed by atoms with van der Waals surface area (Å²) in [4.78, 5) is -1.58. The Hall–Kier alpha value is -1.19. The molecule has 0 saturated carbocycles. The van der Waals surface area contributed by atoms with E-state index in [1.165, 1.54) is 0 Å². The summed E-state index contributed by atoms with van der Waals surface area (Å²) in [6.07, 6.45) is 0. The largest absolute Gasteiger partial charge is 0.309 e. The van der Waals surface area contributed by atoms with E-state index in [9.17, 15) is 26.0 Å². The summed E-state index contributed by atoms with van der Waals surface area (Å²) >= 11 is 0. The Bertz CT molecular complexity index is 629. The molecule has 1 saturated heterocycles. The van der Waals surface area contributed by atoms with Gasteiger partial charge in [-0.1, -0.05) is 0 Å². The van der Waals surface area contributed by atoms with Gasteiger partial charge >= 0.3 is 0 Å². The van der Waals surface area contributed by atoms with Crippen LogP contribution in [0.25, 0.3) is 0 Å². The van der Waals surface area contributed by atoms with Crippen molar-refractivity contribution in [2.75, 3.05) is 13.1 Å².